The van der Waals surface area contributed by atoms with E-state index in [0.29, 0.717) is 18.0 Å². The molecular formula is C16H21N3O2. The van der Waals surface area contributed by atoms with Crippen LogP contribution in [0.15, 0.2) is 18.2 Å². The first-order valence-corrected chi connectivity index (χ1v) is 7.75. The Kier molecular flexibility index (Phi) is 3.03. The van der Waals surface area contributed by atoms with Gasteiger partial charge in [-0.15, -0.1) is 0 Å². The van der Waals surface area contributed by atoms with Crippen LogP contribution in [-0.2, 0) is 11.3 Å². The fourth-order valence-corrected chi connectivity index (χ4v) is 3.81. The fraction of sp³-hybridized carbons (Fsp3) is 0.562. The zero-order chi connectivity index (χ0) is 14.3. The van der Waals surface area contributed by atoms with Gasteiger partial charge in [0.25, 0.3) is 0 Å². The molecule has 1 saturated carbocycles. The number of carbonyl (C=O) groups is 1. The van der Waals surface area contributed by atoms with Gasteiger partial charge in [0.2, 0.25) is 0 Å². The molecule has 1 spiro atoms. The summed E-state index contributed by atoms with van der Waals surface area (Å²) in [6, 6.07) is 6.66. The predicted octanol–water partition coefficient (Wildman–Crippen LogP) is 2.69. The molecule has 1 aromatic rings. The van der Waals surface area contributed by atoms with Crippen LogP contribution in [0.25, 0.3) is 0 Å². The lowest BCUT2D eigenvalue weighted by molar-refractivity contribution is -0.0342. The summed E-state index contributed by atoms with van der Waals surface area (Å²) in [4.78, 5) is 11.4. The number of urea groups is 1. The molecule has 5 heteroatoms. The lowest BCUT2D eigenvalue weighted by Crippen LogP contribution is -2.48. The Labute approximate surface area is 124 Å². The van der Waals surface area contributed by atoms with Gasteiger partial charge in [-0.3, -0.25) is 0 Å². The fourth-order valence-electron chi connectivity index (χ4n) is 3.81. The van der Waals surface area contributed by atoms with Crippen molar-refractivity contribution in [3.8, 4) is 0 Å². The third-order valence-electron chi connectivity index (χ3n) is 5.08. The summed E-state index contributed by atoms with van der Waals surface area (Å²) in [5, 5.41) is 9.24. The quantitative estimate of drug-likeness (QED) is 0.783. The molecule has 1 saturated heterocycles. The highest BCUT2D eigenvalue weighted by Gasteiger charge is 2.44. The summed E-state index contributed by atoms with van der Waals surface area (Å²) in [6.07, 6.45) is 4.89. The van der Waals surface area contributed by atoms with E-state index in [9.17, 15) is 4.79 Å². The predicted molar refractivity (Wildman–Crippen MR) is 81.4 cm³/mol. The summed E-state index contributed by atoms with van der Waals surface area (Å²) in [5.41, 5.74) is 3.68. The molecule has 1 aromatic carbocycles. The van der Waals surface area contributed by atoms with E-state index in [2.05, 4.69) is 28.1 Å². The van der Waals surface area contributed by atoms with Crippen molar-refractivity contribution in [1.82, 2.24) is 5.32 Å². The van der Waals surface area contributed by atoms with Crippen molar-refractivity contribution in [3.63, 3.8) is 0 Å². The minimum absolute atomic E-state index is 0.121. The van der Waals surface area contributed by atoms with Gasteiger partial charge in [-0.25, -0.2) is 4.79 Å². The van der Waals surface area contributed by atoms with E-state index in [4.69, 9.17) is 4.74 Å². The average Bonchev–Trinajstić information content (AvgIpc) is 2.46. The Balaban J connectivity index is 1.40. The van der Waals surface area contributed by atoms with Crippen LogP contribution in [0.4, 0.5) is 16.2 Å². The molecule has 1 aliphatic carbocycles. The number of anilines is 2. The monoisotopic (exact) mass is 287 g/mol. The van der Waals surface area contributed by atoms with E-state index in [-0.39, 0.29) is 6.03 Å². The molecule has 0 atom stereocenters. The second-order valence-corrected chi connectivity index (χ2v) is 6.54. The number of rotatable bonds is 2. The maximum absolute atomic E-state index is 11.4. The van der Waals surface area contributed by atoms with Crippen LogP contribution in [0, 0.1) is 5.41 Å². The second kappa shape index (κ2) is 4.91. The van der Waals surface area contributed by atoms with E-state index in [0.717, 1.165) is 30.2 Å². The highest BCUT2D eigenvalue weighted by atomic mass is 16.5. The first-order chi connectivity index (χ1) is 10.2. The summed E-state index contributed by atoms with van der Waals surface area (Å²) >= 11 is 0. The lowest BCUT2D eigenvalue weighted by Gasteiger charge is -2.50. The summed E-state index contributed by atoms with van der Waals surface area (Å²) in [5.74, 6) is 0. The zero-order valence-electron chi connectivity index (χ0n) is 12.1. The molecule has 2 amide bonds. The molecule has 2 fully saturated rings. The van der Waals surface area contributed by atoms with Crippen LogP contribution in [0.2, 0.25) is 0 Å². The topological polar surface area (TPSA) is 62.4 Å². The minimum Gasteiger partial charge on any atom is -0.382 e. The minimum atomic E-state index is -0.121. The van der Waals surface area contributed by atoms with Gasteiger partial charge in [0.1, 0.15) is 0 Å². The first-order valence-electron chi connectivity index (χ1n) is 7.75. The van der Waals surface area contributed by atoms with E-state index in [1.165, 1.54) is 25.7 Å². The molecule has 3 N–H and O–H groups in total. The number of carbonyl (C=O) groups excluding carboxylic acids is 1. The van der Waals surface area contributed by atoms with Gasteiger partial charge >= 0.3 is 6.03 Å². The summed E-state index contributed by atoms with van der Waals surface area (Å²) in [6.45, 7) is 2.45. The van der Waals surface area contributed by atoms with Gasteiger partial charge in [0.15, 0.2) is 0 Å². The lowest BCUT2D eigenvalue weighted by atomic mass is 9.61. The number of benzene rings is 1. The maximum Gasteiger partial charge on any atom is 0.319 e. The van der Waals surface area contributed by atoms with Crippen molar-refractivity contribution in [1.29, 1.82) is 0 Å². The van der Waals surface area contributed by atoms with Crippen LogP contribution in [-0.4, -0.2) is 25.3 Å². The van der Waals surface area contributed by atoms with E-state index in [1.807, 2.05) is 6.07 Å². The number of hydrogen-bond acceptors (Lipinski definition) is 3. The Morgan fingerprint density at radius 3 is 2.86 bits per heavy atom. The van der Waals surface area contributed by atoms with Crippen molar-refractivity contribution in [3.05, 3.63) is 23.8 Å². The third kappa shape index (κ3) is 2.46. The van der Waals surface area contributed by atoms with Gasteiger partial charge in [-0.2, -0.15) is 0 Å². The normalized spacial score (nSPS) is 23.7. The largest absolute Gasteiger partial charge is 0.382 e. The summed E-state index contributed by atoms with van der Waals surface area (Å²) < 4.78 is 5.46. The average molecular weight is 287 g/mol. The van der Waals surface area contributed by atoms with Crippen LogP contribution >= 0.6 is 0 Å². The molecule has 21 heavy (non-hydrogen) atoms. The summed E-state index contributed by atoms with van der Waals surface area (Å²) in [7, 11) is 0. The van der Waals surface area contributed by atoms with Crippen LogP contribution in [0.1, 0.15) is 31.2 Å². The van der Waals surface area contributed by atoms with Crippen molar-refractivity contribution in [2.75, 3.05) is 23.8 Å². The molecule has 0 radical (unpaired) electrons. The Morgan fingerprint density at radius 1 is 1.24 bits per heavy atom. The Hall–Kier alpha value is -1.75. The van der Waals surface area contributed by atoms with Crippen molar-refractivity contribution in [2.45, 2.75) is 38.3 Å². The number of amides is 2. The van der Waals surface area contributed by atoms with Crippen molar-refractivity contribution >= 4 is 17.4 Å². The van der Waals surface area contributed by atoms with Gasteiger partial charge in [-0.05, 0) is 48.8 Å². The smallest absolute Gasteiger partial charge is 0.319 e. The third-order valence-corrected chi connectivity index (χ3v) is 5.08. The SMILES string of the molecule is O=C1NCc2ccc(NC3CC4(CCOCC4)C3)cc2N1. The molecule has 0 unspecified atom stereocenters. The van der Waals surface area contributed by atoms with Crippen molar-refractivity contribution in [2.24, 2.45) is 5.41 Å². The van der Waals surface area contributed by atoms with Crippen molar-refractivity contribution < 1.29 is 9.53 Å². The standard InChI is InChI=1S/C16H21N3O2/c20-15-17-10-11-1-2-12(7-14(11)19-15)18-13-8-16(9-13)3-5-21-6-4-16/h1-2,7,13,18H,3-6,8-10H2,(H2,17,19,20). The van der Waals surface area contributed by atoms with Gasteiger partial charge < -0.3 is 20.7 Å². The molecule has 0 bridgehead atoms. The Bertz CT molecular complexity index is 559. The van der Waals surface area contributed by atoms with Crippen LogP contribution in [0.3, 0.4) is 0 Å². The molecule has 2 heterocycles. The van der Waals surface area contributed by atoms with E-state index < -0.39 is 0 Å². The Morgan fingerprint density at radius 2 is 2.05 bits per heavy atom. The van der Waals surface area contributed by atoms with E-state index in [1.54, 1.807) is 0 Å². The number of hydrogen-bond donors (Lipinski definition) is 3. The van der Waals surface area contributed by atoms with Crippen LogP contribution < -0.4 is 16.0 Å². The second-order valence-electron chi connectivity index (χ2n) is 6.54. The molecule has 112 valence electrons. The van der Waals surface area contributed by atoms with Gasteiger partial charge in [-0.1, -0.05) is 6.07 Å². The zero-order valence-corrected chi connectivity index (χ0v) is 12.1. The van der Waals surface area contributed by atoms with Gasteiger partial charge in [0, 0.05) is 37.2 Å². The number of ether oxygens (including phenoxy) is 1. The van der Waals surface area contributed by atoms with Crippen LogP contribution in [0.5, 0.6) is 0 Å². The molecule has 3 aliphatic rings. The molecule has 0 aromatic heterocycles. The highest BCUT2D eigenvalue weighted by molar-refractivity contribution is 5.92. The molecular weight excluding hydrogens is 266 g/mol. The molecule has 5 nitrogen and oxygen atoms in total. The highest BCUT2D eigenvalue weighted by Crippen LogP contribution is 2.49. The first kappa shape index (κ1) is 13.0. The molecule has 2 aliphatic heterocycles. The molecule has 4 rings (SSSR count). The maximum atomic E-state index is 11.4. The van der Waals surface area contributed by atoms with Gasteiger partial charge in [0.05, 0.1) is 0 Å². The number of nitrogens with one attached hydrogen (secondary N) is 3. The van der Waals surface area contributed by atoms with E-state index >= 15 is 0 Å². The number of fused-ring (bicyclic) bond motifs is 1.